The fraction of sp³-hybridized carbons (Fsp3) is 0.588. The Morgan fingerprint density at radius 2 is 2.10 bits per heavy atom. The molecule has 2 fully saturated rings. The van der Waals surface area contributed by atoms with Crippen LogP contribution in [-0.2, 0) is 0 Å². The van der Waals surface area contributed by atoms with Gasteiger partial charge < -0.3 is 4.74 Å². The number of Topliss-reactive ketones (excluding diaryl/α,β-unsaturated/α-hetero) is 1. The molecule has 3 rings (SSSR count). The summed E-state index contributed by atoms with van der Waals surface area (Å²) in [4.78, 5) is 17.3. The molecule has 4 heteroatoms. The molecule has 21 heavy (non-hydrogen) atoms. The summed E-state index contributed by atoms with van der Waals surface area (Å²) in [5, 5.41) is 0. The van der Waals surface area contributed by atoms with Gasteiger partial charge in [0, 0.05) is 30.7 Å². The zero-order valence-corrected chi connectivity index (χ0v) is 12.9. The van der Waals surface area contributed by atoms with Gasteiger partial charge in [-0.25, -0.2) is 0 Å². The molecule has 114 valence electrons. The molecule has 1 aromatic rings. The van der Waals surface area contributed by atoms with Gasteiger partial charge in [-0.3, -0.25) is 14.6 Å². The summed E-state index contributed by atoms with van der Waals surface area (Å²) in [6.07, 6.45) is 3.77. The number of nitrogens with zero attached hydrogens (tertiary/aromatic N) is 2. The number of fused-ring (bicyclic) bond motifs is 2. The Balaban J connectivity index is 1.64. The van der Waals surface area contributed by atoms with Gasteiger partial charge in [0.25, 0.3) is 0 Å². The van der Waals surface area contributed by atoms with E-state index in [1.54, 1.807) is 7.11 Å². The number of likely N-dealkylation sites (tertiary alicyclic amines) is 1. The molecule has 2 aliphatic heterocycles. The highest BCUT2D eigenvalue weighted by Crippen LogP contribution is 2.28. The van der Waals surface area contributed by atoms with Crippen LogP contribution in [-0.4, -0.2) is 61.5 Å². The van der Waals surface area contributed by atoms with Crippen molar-refractivity contribution in [2.24, 2.45) is 0 Å². The van der Waals surface area contributed by atoms with E-state index in [2.05, 4.69) is 16.8 Å². The van der Waals surface area contributed by atoms with Gasteiger partial charge in [-0.2, -0.15) is 0 Å². The van der Waals surface area contributed by atoms with Gasteiger partial charge in [0.05, 0.1) is 13.7 Å². The van der Waals surface area contributed by atoms with Crippen molar-refractivity contribution in [2.45, 2.75) is 31.3 Å². The molecule has 0 radical (unpaired) electrons. The number of rotatable bonds is 4. The number of likely N-dealkylation sites (N-methyl/N-ethyl adjacent to an activating group) is 1. The lowest BCUT2D eigenvalue weighted by Gasteiger charge is -2.25. The summed E-state index contributed by atoms with van der Waals surface area (Å²) in [5.74, 6) is 0.935. The van der Waals surface area contributed by atoms with Crippen molar-refractivity contribution in [1.29, 1.82) is 0 Å². The number of hydrogen-bond acceptors (Lipinski definition) is 4. The van der Waals surface area contributed by atoms with Crippen LogP contribution in [0.4, 0.5) is 0 Å². The molecule has 2 saturated heterocycles. The quantitative estimate of drug-likeness (QED) is 0.794. The molecule has 2 atom stereocenters. The zero-order chi connectivity index (χ0) is 14.8. The standard InChI is InChI=1S/C17H24N2O2/c1-18-14-6-7-15(18)11-19(9-8-14)12-17(20)13-4-3-5-16(10-13)21-2/h3-5,10,14-15H,6-9,11-12H2,1-2H3. The van der Waals surface area contributed by atoms with Crippen LogP contribution >= 0.6 is 0 Å². The van der Waals surface area contributed by atoms with Gasteiger partial charge in [0.15, 0.2) is 5.78 Å². The van der Waals surface area contributed by atoms with Gasteiger partial charge >= 0.3 is 0 Å². The van der Waals surface area contributed by atoms with Crippen molar-refractivity contribution >= 4 is 5.78 Å². The SMILES string of the molecule is COc1cccc(C(=O)CN2CCC3CCC(C2)N3C)c1. The molecule has 2 unspecified atom stereocenters. The van der Waals surface area contributed by atoms with E-state index in [0.29, 0.717) is 18.6 Å². The van der Waals surface area contributed by atoms with E-state index < -0.39 is 0 Å². The summed E-state index contributed by atoms with van der Waals surface area (Å²) >= 11 is 0. The lowest BCUT2D eigenvalue weighted by atomic mass is 10.1. The summed E-state index contributed by atoms with van der Waals surface area (Å²) in [6, 6.07) is 8.79. The van der Waals surface area contributed by atoms with Crippen molar-refractivity contribution < 1.29 is 9.53 Å². The number of carbonyl (C=O) groups is 1. The number of benzene rings is 1. The molecular formula is C17H24N2O2. The minimum absolute atomic E-state index is 0.189. The average molecular weight is 288 g/mol. The molecule has 2 aliphatic rings. The van der Waals surface area contributed by atoms with E-state index in [-0.39, 0.29) is 5.78 Å². The summed E-state index contributed by atoms with van der Waals surface area (Å²) in [6.45, 7) is 2.56. The molecule has 0 aromatic heterocycles. The third kappa shape index (κ3) is 3.11. The van der Waals surface area contributed by atoms with Crippen LogP contribution in [0, 0.1) is 0 Å². The molecule has 0 spiro atoms. The van der Waals surface area contributed by atoms with E-state index in [1.807, 2.05) is 24.3 Å². The Kier molecular flexibility index (Phi) is 4.27. The van der Waals surface area contributed by atoms with E-state index in [0.717, 1.165) is 24.4 Å². The molecule has 0 saturated carbocycles. The zero-order valence-electron chi connectivity index (χ0n) is 12.9. The Labute approximate surface area is 126 Å². The maximum absolute atomic E-state index is 12.5. The minimum atomic E-state index is 0.189. The highest BCUT2D eigenvalue weighted by molar-refractivity contribution is 5.97. The minimum Gasteiger partial charge on any atom is -0.497 e. The fourth-order valence-electron chi connectivity index (χ4n) is 3.61. The monoisotopic (exact) mass is 288 g/mol. The summed E-state index contributed by atoms with van der Waals surface area (Å²) in [7, 11) is 3.86. The normalized spacial score (nSPS) is 26.6. The molecule has 2 heterocycles. The van der Waals surface area contributed by atoms with Crippen LogP contribution in [0.15, 0.2) is 24.3 Å². The van der Waals surface area contributed by atoms with E-state index in [1.165, 1.54) is 19.3 Å². The van der Waals surface area contributed by atoms with Crippen LogP contribution in [0.5, 0.6) is 5.75 Å². The number of hydrogen-bond donors (Lipinski definition) is 0. The predicted octanol–water partition coefficient (Wildman–Crippen LogP) is 2.05. The Morgan fingerprint density at radius 3 is 2.90 bits per heavy atom. The van der Waals surface area contributed by atoms with Crippen LogP contribution in [0.1, 0.15) is 29.6 Å². The maximum atomic E-state index is 12.5. The van der Waals surface area contributed by atoms with Crippen molar-refractivity contribution in [2.75, 3.05) is 33.8 Å². The number of ether oxygens (including phenoxy) is 1. The highest BCUT2D eigenvalue weighted by Gasteiger charge is 2.34. The van der Waals surface area contributed by atoms with E-state index in [9.17, 15) is 4.79 Å². The van der Waals surface area contributed by atoms with Gasteiger partial charge in [0.2, 0.25) is 0 Å². The van der Waals surface area contributed by atoms with Gasteiger partial charge in [-0.15, -0.1) is 0 Å². The van der Waals surface area contributed by atoms with Gasteiger partial charge in [-0.1, -0.05) is 12.1 Å². The molecule has 4 nitrogen and oxygen atoms in total. The van der Waals surface area contributed by atoms with Crippen LogP contribution in [0.25, 0.3) is 0 Å². The topological polar surface area (TPSA) is 32.8 Å². The van der Waals surface area contributed by atoms with Crippen molar-refractivity contribution in [3.8, 4) is 5.75 Å². The maximum Gasteiger partial charge on any atom is 0.176 e. The molecule has 1 aromatic carbocycles. The number of ketones is 1. The first-order valence-corrected chi connectivity index (χ1v) is 7.79. The predicted molar refractivity (Wildman–Crippen MR) is 83.0 cm³/mol. The van der Waals surface area contributed by atoms with Crippen molar-refractivity contribution in [3.63, 3.8) is 0 Å². The van der Waals surface area contributed by atoms with Crippen molar-refractivity contribution in [3.05, 3.63) is 29.8 Å². The van der Waals surface area contributed by atoms with Crippen LogP contribution in [0.2, 0.25) is 0 Å². The third-order valence-corrected chi connectivity index (χ3v) is 4.99. The molecular weight excluding hydrogens is 264 g/mol. The Morgan fingerprint density at radius 1 is 1.29 bits per heavy atom. The van der Waals surface area contributed by atoms with E-state index in [4.69, 9.17) is 4.74 Å². The van der Waals surface area contributed by atoms with Gasteiger partial charge in [-0.05, 0) is 38.4 Å². The first-order valence-electron chi connectivity index (χ1n) is 7.79. The Hall–Kier alpha value is -1.39. The Bertz CT molecular complexity index is 517. The number of carbonyl (C=O) groups excluding carboxylic acids is 1. The van der Waals surface area contributed by atoms with E-state index >= 15 is 0 Å². The average Bonchev–Trinajstić information content (AvgIpc) is 2.75. The summed E-state index contributed by atoms with van der Waals surface area (Å²) < 4.78 is 5.20. The smallest absolute Gasteiger partial charge is 0.176 e. The number of methoxy groups -OCH3 is 1. The second-order valence-electron chi connectivity index (χ2n) is 6.23. The van der Waals surface area contributed by atoms with Crippen LogP contribution < -0.4 is 4.74 Å². The molecule has 0 amide bonds. The lowest BCUT2D eigenvalue weighted by molar-refractivity contribution is 0.0923. The molecule has 0 aliphatic carbocycles. The largest absolute Gasteiger partial charge is 0.497 e. The van der Waals surface area contributed by atoms with Crippen molar-refractivity contribution in [1.82, 2.24) is 9.80 Å². The third-order valence-electron chi connectivity index (χ3n) is 4.99. The summed E-state index contributed by atoms with van der Waals surface area (Å²) in [5.41, 5.74) is 0.747. The molecule has 0 N–H and O–H groups in total. The fourth-order valence-corrected chi connectivity index (χ4v) is 3.61. The first-order chi connectivity index (χ1) is 10.2. The second kappa shape index (κ2) is 6.16. The highest BCUT2D eigenvalue weighted by atomic mass is 16.5. The first kappa shape index (κ1) is 14.5. The second-order valence-corrected chi connectivity index (χ2v) is 6.23. The van der Waals surface area contributed by atoms with Gasteiger partial charge in [0.1, 0.15) is 5.75 Å². The molecule has 2 bridgehead atoms. The van der Waals surface area contributed by atoms with Crippen LogP contribution in [0.3, 0.4) is 0 Å². The lowest BCUT2D eigenvalue weighted by Crippen LogP contribution is -2.38.